The maximum atomic E-state index is 12.6. The van der Waals surface area contributed by atoms with Gasteiger partial charge in [0.2, 0.25) is 5.91 Å². The monoisotopic (exact) mass is 371 g/mol. The van der Waals surface area contributed by atoms with Crippen LogP contribution < -0.4 is 9.84 Å². The molecule has 136 valence electrons. The highest BCUT2D eigenvalue weighted by Crippen LogP contribution is 2.35. The van der Waals surface area contributed by atoms with Crippen molar-refractivity contribution in [1.82, 2.24) is 5.01 Å². The predicted octanol–water partition coefficient (Wildman–Crippen LogP) is 2.35. The molecule has 0 fully saturated rings. The van der Waals surface area contributed by atoms with E-state index >= 15 is 0 Å². The Morgan fingerprint density at radius 2 is 2.04 bits per heavy atom. The van der Waals surface area contributed by atoms with Crippen LogP contribution in [-0.4, -0.2) is 29.7 Å². The van der Waals surface area contributed by atoms with Crippen molar-refractivity contribution in [1.29, 1.82) is 0 Å². The van der Waals surface area contributed by atoms with Gasteiger partial charge < -0.3 is 14.6 Å². The van der Waals surface area contributed by atoms with E-state index in [1.165, 1.54) is 5.01 Å². The minimum absolute atomic E-state index is 0.127. The van der Waals surface area contributed by atoms with Gasteiger partial charge in [0.1, 0.15) is 5.75 Å². The smallest absolute Gasteiger partial charge is 0.243 e. The summed E-state index contributed by atoms with van der Waals surface area (Å²) in [7, 11) is 1.61. The maximum absolute atomic E-state index is 12.6. The molecule has 7 heteroatoms. The van der Waals surface area contributed by atoms with Crippen LogP contribution in [0.5, 0.6) is 5.75 Å². The molecular weight excluding hydrogens is 352 g/mol. The summed E-state index contributed by atoms with van der Waals surface area (Å²) in [4.78, 5) is 24.3. The fourth-order valence-electron chi connectivity index (χ4n) is 2.92. The SMILES string of the molecule is COc1ccc([C@H]2CC(c3cccs3)=NN2C(=O)CCCC(=O)[O-])cc1. The second kappa shape index (κ2) is 8.14. The number of carbonyl (C=O) groups excluding carboxylic acids is 2. The van der Waals surface area contributed by atoms with Gasteiger partial charge in [0.15, 0.2) is 0 Å². The minimum Gasteiger partial charge on any atom is -0.550 e. The molecular formula is C19H19N2O4S-. The molecule has 1 atom stereocenters. The first kappa shape index (κ1) is 18.1. The number of ether oxygens (including phenoxy) is 1. The summed E-state index contributed by atoms with van der Waals surface area (Å²) in [5.74, 6) is -0.578. The lowest BCUT2D eigenvalue weighted by atomic mass is 10.0. The van der Waals surface area contributed by atoms with Crippen LogP contribution in [-0.2, 0) is 9.59 Å². The molecule has 26 heavy (non-hydrogen) atoms. The highest BCUT2D eigenvalue weighted by molar-refractivity contribution is 7.12. The molecule has 6 nitrogen and oxygen atoms in total. The number of carbonyl (C=O) groups is 2. The van der Waals surface area contributed by atoms with E-state index in [-0.39, 0.29) is 31.2 Å². The summed E-state index contributed by atoms with van der Waals surface area (Å²) in [6, 6.07) is 11.3. The Labute approximate surface area is 155 Å². The summed E-state index contributed by atoms with van der Waals surface area (Å²) in [5, 5.41) is 18.6. The van der Waals surface area contributed by atoms with Gasteiger partial charge in [0.05, 0.1) is 23.7 Å². The highest BCUT2D eigenvalue weighted by atomic mass is 32.1. The van der Waals surface area contributed by atoms with Crippen molar-refractivity contribution in [3.05, 3.63) is 52.2 Å². The molecule has 1 aliphatic heterocycles. The first-order valence-electron chi connectivity index (χ1n) is 8.35. The third-order valence-electron chi connectivity index (χ3n) is 4.24. The largest absolute Gasteiger partial charge is 0.550 e. The molecule has 0 bridgehead atoms. The zero-order chi connectivity index (χ0) is 18.5. The first-order valence-corrected chi connectivity index (χ1v) is 9.23. The standard InChI is InChI=1S/C19H20N2O4S/c1-25-14-9-7-13(8-10-14)16-12-15(17-4-3-11-26-17)20-21(16)18(22)5-2-6-19(23)24/h3-4,7-11,16H,2,5-6,12H2,1H3,(H,23,24)/p-1/t16-/m1/s1. The number of hydrogen-bond donors (Lipinski definition) is 0. The van der Waals surface area contributed by atoms with Crippen molar-refractivity contribution >= 4 is 28.9 Å². The van der Waals surface area contributed by atoms with Gasteiger partial charge in [0.25, 0.3) is 0 Å². The molecule has 0 aliphatic carbocycles. The molecule has 1 amide bonds. The zero-order valence-electron chi connectivity index (χ0n) is 14.4. The zero-order valence-corrected chi connectivity index (χ0v) is 15.2. The molecule has 1 aromatic heterocycles. The Morgan fingerprint density at radius 1 is 1.27 bits per heavy atom. The molecule has 1 aliphatic rings. The molecule has 0 N–H and O–H groups in total. The van der Waals surface area contributed by atoms with Crippen LogP contribution in [0, 0.1) is 0 Å². The summed E-state index contributed by atoms with van der Waals surface area (Å²) >= 11 is 1.58. The first-order chi connectivity index (χ1) is 12.6. The number of benzene rings is 1. The van der Waals surface area contributed by atoms with Gasteiger partial charge in [0, 0.05) is 18.8 Å². The lowest BCUT2D eigenvalue weighted by Gasteiger charge is -2.22. The number of aliphatic carboxylic acids is 1. The van der Waals surface area contributed by atoms with E-state index in [1.807, 2.05) is 41.8 Å². The van der Waals surface area contributed by atoms with Gasteiger partial charge in [-0.15, -0.1) is 11.3 Å². The topological polar surface area (TPSA) is 82.0 Å². The Morgan fingerprint density at radius 3 is 2.65 bits per heavy atom. The van der Waals surface area contributed by atoms with Gasteiger partial charge in [-0.05, 0) is 42.0 Å². The Kier molecular flexibility index (Phi) is 5.68. The van der Waals surface area contributed by atoms with Gasteiger partial charge in [-0.2, -0.15) is 5.10 Å². The molecule has 3 rings (SSSR count). The Balaban J connectivity index is 1.81. The van der Waals surface area contributed by atoms with Crippen molar-refractivity contribution in [2.24, 2.45) is 5.10 Å². The van der Waals surface area contributed by atoms with E-state index in [0.29, 0.717) is 6.42 Å². The summed E-state index contributed by atoms with van der Waals surface area (Å²) < 4.78 is 5.19. The molecule has 1 aromatic carbocycles. The van der Waals surface area contributed by atoms with E-state index in [0.717, 1.165) is 21.9 Å². The van der Waals surface area contributed by atoms with E-state index in [2.05, 4.69) is 5.10 Å². The predicted molar refractivity (Wildman–Crippen MR) is 96.9 cm³/mol. The van der Waals surface area contributed by atoms with E-state index in [1.54, 1.807) is 18.4 Å². The average molecular weight is 371 g/mol. The van der Waals surface area contributed by atoms with Crippen molar-refractivity contribution < 1.29 is 19.4 Å². The molecule has 2 aromatic rings. The summed E-state index contributed by atoms with van der Waals surface area (Å²) in [6.07, 6.45) is 0.867. The number of thiophene rings is 1. The number of carboxylic acids is 1. The van der Waals surface area contributed by atoms with Crippen LogP contribution in [0.25, 0.3) is 0 Å². The molecule has 0 radical (unpaired) electrons. The van der Waals surface area contributed by atoms with Crippen molar-refractivity contribution in [3.8, 4) is 5.75 Å². The molecule has 0 spiro atoms. The van der Waals surface area contributed by atoms with E-state index in [4.69, 9.17) is 4.74 Å². The number of nitrogens with zero attached hydrogens (tertiary/aromatic N) is 2. The normalized spacial score (nSPS) is 16.4. The van der Waals surface area contributed by atoms with Crippen LogP contribution >= 0.6 is 11.3 Å². The molecule has 2 heterocycles. The van der Waals surface area contributed by atoms with Crippen molar-refractivity contribution in [3.63, 3.8) is 0 Å². The minimum atomic E-state index is -1.14. The average Bonchev–Trinajstić information content (AvgIpc) is 3.31. The third-order valence-corrected chi connectivity index (χ3v) is 5.16. The van der Waals surface area contributed by atoms with Crippen LogP contribution in [0.1, 0.15) is 42.2 Å². The number of carboxylic acid groups (broad SMARTS) is 1. The van der Waals surface area contributed by atoms with Crippen molar-refractivity contribution in [2.45, 2.75) is 31.7 Å². The number of hydrogen-bond acceptors (Lipinski definition) is 6. The number of hydrazone groups is 1. The lowest BCUT2D eigenvalue weighted by molar-refractivity contribution is -0.305. The van der Waals surface area contributed by atoms with Crippen LogP contribution in [0.15, 0.2) is 46.9 Å². The van der Waals surface area contributed by atoms with Gasteiger partial charge >= 0.3 is 0 Å². The fourth-order valence-corrected chi connectivity index (χ4v) is 3.64. The van der Waals surface area contributed by atoms with Gasteiger partial charge in [-0.25, -0.2) is 5.01 Å². The highest BCUT2D eigenvalue weighted by Gasteiger charge is 2.33. The molecule has 0 saturated carbocycles. The van der Waals surface area contributed by atoms with Crippen LogP contribution in [0.4, 0.5) is 0 Å². The second-order valence-electron chi connectivity index (χ2n) is 5.98. The van der Waals surface area contributed by atoms with E-state index < -0.39 is 5.97 Å². The van der Waals surface area contributed by atoms with Crippen LogP contribution in [0.3, 0.4) is 0 Å². The Hall–Kier alpha value is -2.67. The van der Waals surface area contributed by atoms with Crippen LogP contribution in [0.2, 0.25) is 0 Å². The maximum Gasteiger partial charge on any atom is 0.243 e. The molecule has 0 unspecified atom stereocenters. The van der Waals surface area contributed by atoms with Gasteiger partial charge in [-0.1, -0.05) is 18.2 Å². The summed E-state index contributed by atoms with van der Waals surface area (Å²) in [6.45, 7) is 0. The van der Waals surface area contributed by atoms with Crippen molar-refractivity contribution in [2.75, 3.05) is 7.11 Å². The molecule has 0 saturated heterocycles. The lowest BCUT2D eigenvalue weighted by Crippen LogP contribution is -2.28. The number of rotatable bonds is 7. The summed E-state index contributed by atoms with van der Waals surface area (Å²) in [5.41, 5.74) is 1.84. The number of methoxy groups -OCH3 is 1. The van der Waals surface area contributed by atoms with E-state index in [9.17, 15) is 14.7 Å². The quantitative estimate of drug-likeness (QED) is 0.748. The third kappa shape index (κ3) is 4.11. The Bertz CT molecular complexity index is 799. The number of amides is 1. The van der Waals surface area contributed by atoms with Gasteiger partial charge in [-0.3, -0.25) is 4.79 Å². The second-order valence-corrected chi connectivity index (χ2v) is 6.93. The fraction of sp³-hybridized carbons (Fsp3) is 0.316.